The van der Waals surface area contributed by atoms with E-state index in [1.165, 1.54) is 12.1 Å². The van der Waals surface area contributed by atoms with E-state index in [1.54, 1.807) is 30.3 Å². The maximum absolute atomic E-state index is 12.7. The van der Waals surface area contributed by atoms with Gasteiger partial charge in [0.2, 0.25) is 0 Å². The van der Waals surface area contributed by atoms with Crippen molar-refractivity contribution < 1.29 is 27.8 Å². The van der Waals surface area contributed by atoms with Crippen molar-refractivity contribution in [1.82, 2.24) is 4.98 Å². The third-order valence-electron chi connectivity index (χ3n) is 5.27. The lowest BCUT2D eigenvalue weighted by Crippen LogP contribution is -2.36. The first-order valence-corrected chi connectivity index (χ1v) is 9.54. The Bertz CT molecular complexity index is 1080. The van der Waals surface area contributed by atoms with Crippen molar-refractivity contribution in [2.75, 3.05) is 18.0 Å². The fourth-order valence-electron chi connectivity index (χ4n) is 3.73. The average Bonchev–Trinajstić information content (AvgIpc) is 2.72. The molecule has 0 spiro atoms. The fraction of sp³-hybridized carbons (Fsp3) is 0.273. The number of carbonyl (C=O) groups is 1. The van der Waals surface area contributed by atoms with E-state index in [-0.39, 0.29) is 11.7 Å². The summed E-state index contributed by atoms with van der Waals surface area (Å²) in [6, 6.07) is 15.0. The molecule has 156 valence electrons. The molecule has 1 fully saturated rings. The third kappa shape index (κ3) is 4.32. The highest BCUT2D eigenvalue weighted by Gasteiger charge is 2.32. The van der Waals surface area contributed by atoms with Crippen LogP contribution in [0.25, 0.3) is 22.0 Å². The molecular formula is C22H19F3N2O3. The molecule has 30 heavy (non-hydrogen) atoms. The third-order valence-corrected chi connectivity index (χ3v) is 5.27. The van der Waals surface area contributed by atoms with Gasteiger partial charge in [0.15, 0.2) is 0 Å². The number of alkyl halides is 3. The van der Waals surface area contributed by atoms with Gasteiger partial charge in [-0.3, -0.25) is 4.79 Å². The Balaban J connectivity index is 1.60. The maximum Gasteiger partial charge on any atom is 0.573 e. The summed E-state index contributed by atoms with van der Waals surface area (Å²) in [5.41, 5.74) is 1.65. The second kappa shape index (κ2) is 7.85. The Morgan fingerprint density at radius 2 is 1.80 bits per heavy atom. The van der Waals surface area contributed by atoms with Gasteiger partial charge in [-0.15, -0.1) is 13.2 Å². The van der Waals surface area contributed by atoms with Crippen LogP contribution >= 0.6 is 0 Å². The van der Waals surface area contributed by atoms with Crippen molar-refractivity contribution in [2.45, 2.75) is 19.2 Å². The highest BCUT2D eigenvalue weighted by Crippen LogP contribution is 2.35. The molecule has 0 atom stereocenters. The van der Waals surface area contributed by atoms with Crippen molar-refractivity contribution in [2.24, 2.45) is 5.92 Å². The molecule has 2 heterocycles. The topological polar surface area (TPSA) is 62.7 Å². The quantitative estimate of drug-likeness (QED) is 0.641. The van der Waals surface area contributed by atoms with Crippen molar-refractivity contribution in [3.8, 4) is 16.9 Å². The SMILES string of the molecule is O=C(O)C1CCN(c2ccc3cc(-c4ccccc4OC(F)(F)F)ccc3n2)CC1. The van der Waals surface area contributed by atoms with Crippen LogP contribution in [0.4, 0.5) is 19.0 Å². The lowest BCUT2D eigenvalue weighted by Gasteiger charge is -2.31. The van der Waals surface area contributed by atoms with E-state index in [4.69, 9.17) is 5.11 Å². The Morgan fingerprint density at radius 1 is 1.07 bits per heavy atom. The van der Waals surface area contributed by atoms with Gasteiger partial charge in [-0.2, -0.15) is 0 Å². The number of halogens is 3. The molecule has 8 heteroatoms. The maximum atomic E-state index is 12.7. The van der Waals surface area contributed by atoms with E-state index in [9.17, 15) is 18.0 Å². The number of aromatic nitrogens is 1. The summed E-state index contributed by atoms with van der Waals surface area (Å²) >= 11 is 0. The molecule has 2 aromatic carbocycles. The predicted octanol–water partition coefficient (Wildman–Crippen LogP) is 5.10. The highest BCUT2D eigenvalue weighted by molar-refractivity contribution is 5.87. The Hall–Kier alpha value is -3.29. The van der Waals surface area contributed by atoms with E-state index < -0.39 is 12.3 Å². The lowest BCUT2D eigenvalue weighted by molar-refractivity contribution is -0.274. The van der Waals surface area contributed by atoms with Crippen LogP contribution in [0.3, 0.4) is 0 Å². The van der Waals surface area contributed by atoms with E-state index >= 15 is 0 Å². The second-order valence-electron chi connectivity index (χ2n) is 7.22. The first kappa shape index (κ1) is 20.0. The number of aliphatic carboxylic acids is 1. The average molecular weight is 416 g/mol. The smallest absolute Gasteiger partial charge is 0.481 e. The van der Waals surface area contributed by atoms with Crippen LogP contribution in [0.2, 0.25) is 0 Å². The van der Waals surface area contributed by atoms with E-state index in [2.05, 4.69) is 14.6 Å². The molecule has 5 nitrogen and oxygen atoms in total. The van der Waals surface area contributed by atoms with Gasteiger partial charge in [-0.05, 0) is 48.7 Å². The van der Waals surface area contributed by atoms with Crippen LogP contribution < -0.4 is 9.64 Å². The number of nitrogens with zero attached hydrogens (tertiary/aromatic N) is 2. The molecule has 0 amide bonds. The number of para-hydroxylation sites is 1. The van der Waals surface area contributed by atoms with Gasteiger partial charge in [-0.1, -0.05) is 24.3 Å². The van der Waals surface area contributed by atoms with Gasteiger partial charge < -0.3 is 14.7 Å². The molecule has 0 unspecified atom stereocenters. The zero-order valence-electron chi connectivity index (χ0n) is 15.9. The summed E-state index contributed by atoms with van der Waals surface area (Å²) in [6.45, 7) is 1.24. The number of piperidine rings is 1. The minimum absolute atomic E-state index is 0.254. The summed E-state index contributed by atoms with van der Waals surface area (Å²) < 4.78 is 42.3. The van der Waals surface area contributed by atoms with Crippen molar-refractivity contribution in [1.29, 1.82) is 0 Å². The summed E-state index contributed by atoms with van der Waals surface area (Å²) in [5.74, 6) is -0.568. The molecule has 1 aromatic heterocycles. The van der Waals surface area contributed by atoms with Gasteiger partial charge in [-0.25, -0.2) is 4.98 Å². The van der Waals surface area contributed by atoms with Gasteiger partial charge in [0.1, 0.15) is 11.6 Å². The Morgan fingerprint density at radius 3 is 2.50 bits per heavy atom. The van der Waals surface area contributed by atoms with E-state index in [0.717, 1.165) is 11.2 Å². The van der Waals surface area contributed by atoms with Crippen LogP contribution in [0.1, 0.15) is 12.8 Å². The minimum atomic E-state index is -4.77. The van der Waals surface area contributed by atoms with Gasteiger partial charge in [0.05, 0.1) is 11.4 Å². The normalized spacial score (nSPS) is 15.4. The second-order valence-corrected chi connectivity index (χ2v) is 7.22. The number of fused-ring (bicyclic) bond motifs is 1. The van der Waals surface area contributed by atoms with Crippen LogP contribution in [-0.4, -0.2) is 35.5 Å². The van der Waals surface area contributed by atoms with Crippen LogP contribution in [0, 0.1) is 5.92 Å². The zero-order valence-corrected chi connectivity index (χ0v) is 15.9. The van der Waals surface area contributed by atoms with Crippen molar-refractivity contribution in [3.63, 3.8) is 0 Å². The molecule has 1 saturated heterocycles. The number of ether oxygens (including phenoxy) is 1. The zero-order chi connectivity index (χ0) is 21.3. The molecule has 0 bridgehead atoms. The number of benzene rings is 2. The molecule has 1 aliphatic rings. The Kier molecular flexibility index (Phi) is 5.24. The van der Waals surface area contributed by atoms with Crippen molar-refractivity contribution >= 4 is 22.7 Å². The molecule has 0 radical (unpaired) electrons. The number of hydrogen-bond acceptors (Lipinski definition) is 4. The van der Waals surface area contributed by atoms with Crippen molar-refractivity contribution in [3.05, 3.63) is 54.6 Å². The standard InChI is InChI=1S/C22H19F3N2O3/c23-22(24,25)30-19-4-2-1-3-17(19)15-5-7-18-16(13-15)6-8-20(26-18)27-11-9-14(10-12-27)21(28)29/h1-8,13-14H,9-12H2,(H,28,29). The molecule has 3 aromatic rings. The van der Waals surface area contributed by atoms with Gasteiger partial charge in [0.25, 0.3) is 0 Å². The lowest BCUT2D eigenvalue weighted by atomic mass is 9.97. The fourth-order valence-corrected chi connectivity index (χ4v) is 3.73. The molecular weight excluding hydrogens is 397 g/mol. The summed E-state index contributed by atoms with van der Waals surface area (Å²) in [4.78, 5) is 17.8. The monoisotopic (exact) mass is 416 g/mol. The molecule has 1 N–H and O–H groups in total. The van der Waals surface area contributed by atoms with Crippen LogP contribution in [0.5, 0.6) is 5.75 Å². The molecule has 4 rings (SSSR count). The number of anilines is 1. The summed E-state index contributed by atoms with van der Waals surface area (Å²) in [7, 11) is 0. The Labute approximate surface area is 170 Å². The number of rotatable bonds is 4. The first-order chi connectivity index (χ1) is 14.3. The van der Waals surface area contributed by atoms with E-state index in [0.29, 0.717) is 42.6 Å². The highest BCUT2D eigenvalue weighted by atomic mass is 19.4. The number of carboxylic acids is 1. The van der Waals surface area contributed by atoms with Gasteiger partial charge >= 0.3 is 12.3 Å². The van der Waals surface area contributed by atoms with E-state index in [1.807, 2.05) is 12.1 Å². The minimum Gasteiger partial charge on any atom is -0.481 e. The number of pyridine rings is 1. The molecule has 0 saturated carbocycles. The molecule has 1 aliphatic heterocycles. The summed E-state index contributed by atoms with van der Waals surface area (Å²) in [5, 5.41) is 9.92. The van der Waals surface area contributed by atoms with Gasteiger partial charge in [0, 0.05) is 24.0 Å². The number of carboxylic acid groups (broad SMARTS) is 1. The van der Waals surface area contributed by atoms with Crippen LogP contribution in [0.15, 0.2) is 54.6 Å². The summed E-state index contributed by atoms with van der Waals surface area (Å²) in [6.07, 6.45) is -3.62. The molecule has 0 aliphatic carbocycles. The number of hydrogen-bond donors (Lipinski definition) is 1. The van der Waals surface area contributed by atoms with Crippen LogP contribution in [-0.2, 0) is 4.79 Å². The largest absolute Gasteiger partial charge is 0.573 e. The predicted molar refractivity (Wildman–Crippen MR) is 106 cm³/mol. The first-order valence-electron chi connectivity index (χ1n) is 9.54.